The van der Waals surface area contributed by atoms with E-state index in [9.17, 15) is 13.2 Å². The van der Waals surface area contributed by atoms with Crippen molar-refractivity contribution in [3.05, 3.63) is 66.2 Å². The molecule has 1 amide bonds. The van der Waals surface area contributed by atoms with Gasteiger partial charge in [0.15, 0.2) is 11.5 Å². The molecular weight excluding hydrogens is 490 g/mol. The summed E-state index contributed by atoms with van der Waals surface area (Å²) >= 11 is 0. The van der Waals surface area contributed by atoms with E-state index >= 15 is 0 Å². The zero-order valence-electron chi connectivity index (χ0n) is 20.4. The molecule has 1 aromatic heterocycles. The standard InChI is InChI=1S/C28H29N3O5S.2H2/c32-27(28(15-16-28)20-11-14-24-25(17-20)36-18-35-24)30-26-8-4-7-23(29-26)19-9-12-22(13-10-19)37(33,34)31-21-5-2-1-3-6-21;;/h4,7-14,17,21,31H,1-3,5-6,15-16,18H2,(H,29,30,32);2*1H. The molecule has 3 aromatic rings. The van der Waals surface area contributed by atoms with Gasteiger partial charge in [-0.2, -0.15) is 0 Å². The van der Waals surface area contributed by atoms with Crippen LogP contribution in [0.3, 0.4) is 0 Å². The summed E-state index contributed by atoms with van der Waals surface area (Å²) in [4.78, 5) is 18.1. The van der Waals surface area contributed by atoms with Crippen molar-refractivity contribution in [2.45, 2.75) is 61.3 Å². The predicted octanol–water partition coefficient (Wildman–Crippen LogP) is 5.25. The molecule has 3 aliphatic rings. The summed E-state index contributed by atoms with van der Waals surface area (Å²) in [7, 11) is -3.57. The van der Waals surface area contributed by atoms with Gasteiger partial charge in [-0.25, -0.2) is 18.1 Å². The number of nitrogens with one attached hydrogen (secondary N) is 2. The average molecular weight is 524 g/mol. The number of pyridine rings is 1. The van der Waals surface area contributed by atoms with Crippen molar-refractivity contribution in [1.82, 2.24) is 9.71 Å². The summed E-state index contributed by atoms with van der Waals surface area (Å²) < 4.78 is 39.3. The molecule has 8 nitrogen and oxygen atoms in total. The summed E-state index contributed by atoms with van der Waals surface area (Å²) in [6.45, 7) is 0.193. The molecule has 2 aliphatic carbocycles. The second-order valence-corrected chi connectivity index (χ2v) is 11.7. The van der Waals surface area contributed by atoms with Crippen molar-refractivity contribution in [1.29, 1.82) is 0 Å². The van der Waals surface area contributed by atoms with E-state index in [2.05, 4.69) is 15.0 Å². The van der Waals surface area contributed by atoms with Crippen molar-refractivity contribution in [2.24, 2.45) is 0 Å². The van der Waals surface area contributed by atoms with E-state index in [-0.39, 0.29) is 26.5 Å². The normalized spacial score (nSPS) is 18.4. The van der Waals surface area contributed by atoms with Crippen LogP contribution in [0.2, 0.25) is 0 Å². The topological polar surface area (TPSA) is 107 Å². The Balaban J connectivity index is 0.00000176. The van der Waals surface area contributed by atoms with Crippen molar-refractivity contribution in [3.8, 4) is 22.8 Å². The van der Waals surface area contributed by atoms with Crippen molar-refractivity contribution >= 4 is 21.7 Å². The Morgan fingerprint density at radius 1 is 0.946 bits per heavy atom. The largest absolute Gasteiger partial charge is 0.454 e. The highest BCUT2D eigenvalue weighted by Crippen LogP contribution is 2.51. The van der Waals surface area contributed by atoms with Crippen LogP contribution in [0.15, 0.2) is 65.6 Å². The minimum Gasteiger partial charge on any atom is -0.454 e. The molecular formula is C28H33N3O5S. The third-order valence-corrected chi connectivity index (χ3v) is 9.02. The van der Waals surface area contributed by atoms with Gasteiger partial charge >= 0.3 is 0 Å². The third-order valence-electron chi connectivity index (χ3n) is 7.49. The fourth-order valence-corrected chi connectivity index (χ4v) is 6.48. The van der Waals surface area contributed by atoms with Gasteiger partial charge in [-0.05, 0) is 67.6 Å². The van der Waals surface area contributed by atoms with E-state index in [0.717, 1.165) is 49.7 Å². The molecule has 2 N–H and O–H groups in total. The van der Waals surface area contributed by atoms with Gasteiger partial charge in [0.2, 0.25) is 22.7 Å². The summed E-state index contributed by atoms with van der Waals surface area (Å²) in [5, 5.41) is 2.97. The second-order valence-electron chi connectivity index (χ2n) is 9.99. The molecule has 2 fully saturated rings. The van der Waals surface area contributed by atoms with Gasteiger partial charge in [-0.15, -0.1) is 0 Å². The summed E-state index contributed by atoms with van der Waals surface area (Å²) in [5.74, 6) is 1.70. The Morgan fingerprint density at radius 2 is 1.70 bits per heavy atom. The van der Waals surface area contributed by atoms with Crippen LogP contribution >= 0.6 is 0 Å². The maximum absolute atomic E-state index is 13.3. The Bertz CT molecular complexity index is 1440. The lowest BCUT2D eigenvalue weighted by Crippen LogP contribution is -2.36. The zero-order valence-corrected chi connectivity index (χ0v) is 21.2. The highest BCUT2D eigenvalue weighted by atomic mass is 32.2. The lowest BCUT2D eigenvalue weighted by atomic mass is 9.94. The maximum Gasteiger partial charge on any atom is 0.240 e. The summed E-state index contributed by atoms with van der Waals surface area (Å²) in [6.07, 6.45) is 6.56. The number of anilines is 1. The fourth-order valence-electron chi connectivity index (χ4n) is 5.18. The summed E-state index contributed by atoms with van der Waals surface area (Å²) in [5.41, 5.74) is 1.73. The number of rotatable bonds is 7. The molecule has 2 heterocycles. The third kappa shape index (κ3) is 4.81. The first-order valence-corrected chi connectivity index (χ1v) is 14.2. The Labute approximate surface area is 219 Å². The van der Waals surface area contributed by atoms with E-state index in [1.165, 1.54) is 6.42 Å². The van der Waals surface area contributed by atoms with Crippen LogP contribution in [0.1, 0.15) is 53.4 Å². The first kappa shape index (κ1) is 23.9. The highest BCUT2D eigenvalue weighted by Gasteiger charge is 2.51. The quantitative estimate of drug-likeness (QED) is 0.438. The van der Waals surface area contributed by atoms with Crippen LogP contribution in [-0.4, -0.2) is 32.1 Å². The SMILES string of the molecule is O=C(Nc1cccc(-c2ccc(S(=O)(=O)NC3CCCCC3)cc2)n1)C1(c2ccc3c(c2)OCO3)CC1.[HH].[HH]. The molecule has 2 aromatic carbocycles. The molecule has 0 unspecified atom stereocenters. The number of amides is 1. The zero-order chi connectivity index (χ0) is 25.5. The lowest BCUT2D eigenvalue weighted by molar-refractivity contribution is -0.118. The van der Waals surface area contributed by atoms with Crippen LogP contribution in [0.5, 0.6) is 11.5 Å². The van der Waals surface area contributed by atoms with Crippen LogP contribution in [0.4, 0.5) is 5.82 Å². The van der Waals surface area contributed by atoms with Crippen molar-refractivity contribution < 1.29 is 25.5 Å². The monoisotopic (exact) mass is 523 g/mol. The summed E-state index contributed by atoms with van der Waals surface area (Å²) in [6, 6.07) is 17.8. The highest BCUT2D eigenvalue weighted by molar-refractivity contribution is 7.89. The number of ether oxygens (including phenoxy) is 2. The number of benzene rings is 2. The molecule has 37 heavy (non-hydrogen) atoms. The van der Waals surface area contributed by atoms with Crippen molar-refractivity contribution in [3.63, 3.8) is 0 Å². The minimum absolute atomic E-state index is 0. The number of carbonyl (C=O) groups is 1. The van der Waals surface area contributed by atoms with Gasteiger partial charge in [0, 0.05) is 14.5 Å². The van der Waals surface area contributed by atoms with Gasteiger partial charge in [-0.3, -0.25) is 4.79 Å². The van der Waals surface area contributed by atoms with Crippen LogP contribution in [-0.2, 0) is 20.2 Å². The van der Waals surface area contributed by atoms with Crippen LogP contribution in [0.25, 0.3) is 11.3 Å². The second kappa shape index (κ2) is 9.46. The first-order chi connectivity index (χ1) is 17.9. The van der Waals surface area contributed by atoms with Gasteiger partial charge < -0.3 is 14.8 Å². The van der Waals surface area contributed by atoms with Gasteiger partial charge in [-0.1, -0.05) is 43.5 Å². The number of hydrogen-bond acceptors (Lipinski definition) is 6. The number of sulfonamides is 1. The van der Waals surface area contributed by atoms with E-state index in [0.29, 0.717) is 23.0 Å². The molecule has 0 bridgehead atoms. The number of nitrogens with zero attached hydrogens (tertiary/aromatic N) is 1. The van der Waals surface area contributed by atoms with E-state index < -0.39 is 15.4 Å². The molecule has 2 saturated carbocycles. The lowest BCUT2D eigenvalue weighted by Gasteiger charge is -2.22. The Kier molecular flexibility index (Phi) is 6.12. The van der Waals surface area contributed by atoms with Gasteiger partial charge in [0.05, 0.1) is 16.0 Å². The first-order valence-electron chi connectivity index (χ1n) is 12.7. The van der Waals surface area contributed by atoms with Crippen molar-refractivity contribution in [2.75, 3.05) is 12.1 Å². The molecule has 1 aliphatic heterocycles. The van der Waals surface area contributed by atoms with Crippen LogP contribution in [0, 0.1) is 0 Å². The maximum atomic E-state index is 13.3. The average Bonchev–Trinajstić information content (AvgIpc) is 3.60. The number of hydrogen-bond donors (Lipinski definition) is 2. The Hall–Kier alpha value is -3.43. The fraction of sp³-hybridized carbons (Fsp3) is 0.357. The molecule has 0 radical (unpaired) electrons. The van der Waals surface area contributed by atoms with Crippen LogP contribution < -0.4 is 19.5 Å². The molecule has 0 atom stereocenters. The molecule has 0 saturated heterocycles. The molecule has 196 valence electrons. The molecule has 9 heteroatoms. The van der Waals surface area contributed by atoms with E-state index in [1.54, 1.807) is 30.3 Å². The number of aromatic nitrogens is 1. The minimum atomic E-state index is -3.57. The number of carbonyl (C=O) groups excluding carboxylic acids is 1. The van der Waals surface area contributed by atoms with E-state index in [4.69, 9.17) is 9.47 Å². The predicted molar refractivity (Wildman–Crippen MR) is 143 cm³/mol. The molecule has 0 spiro atoms. The van der Waals surface area contributed by atoms with Gasteiger partial charge in [0.1, 0.15) is 5.82 Å². The smallest absolute Gasteiger partial charge is 0.240 e. The van der Waals surface area contributed by atoms with Gasteiger partial charge in [0.25, 0.3) is 0 Å². The number of fused-ring (bicyclic) bond motifs is 1. The van der Waals surface area contributed by atoms with E-state index in [1.807, 2.05) is 30.3 Å². The molecule has 6 rings (SSSR count). The Morgan fingerprint density at radius 3 is 2.46 bits per heavy atom.